The maximum atomic E-state index is 12.4. The molecule has 1 heterocycles. The number of carbonyl (C=O) groups excluding carboxylic acids is 1. The Labute approximate surface area is 138 Å². The molecule has 0 unspecified atom stereocenters. The lowest BCUT2D eigenvalue weighted by molar-refractivity contribution is -0.131. The molecule has 0 N–H and O–H groups in total. The van der Waals surface area contributed by atoms with E-state index in [-0.39, 0.29) is 10.8 Å². The largest absolute Gasteiger partial charge is 0.339 e. The zero-order valence-electron chi connectivity index (χ0n) is 12.7. The quantitative estimate of drug-likeness (QED) is 0.811. The SMILES string of the molecule is CCN(Cc1ccccc1Cl)C(=O)CCn1c(C)csc1=O. The summed E-state index contributed by atoms with van der Waals surface area (Å²) in [6.45, 7) is 5.35. The normalized spacial score (nSPS) is 10.7. The van der Waals surface area contributed by atoms with Gasteiger partial charge in [0.05, 0.1) is 0 Å². The Morgan fingerprint density at radius 2 is 2.09 bits per heavy atom. The molecule has 4 nitrogen and oxygen atoms in total. The number of amides is 1. The molecule has 1 amide bonds. The highest BCUT2D eigenvalue weighted by Gasteiger charge is 2.14. The Morgan fingerprint density at radius 3 is 2.68 bits per heavy atom. The summed E-state index contributed by atoms with van der Waals surface area (Å²) in [4.78, 5) is 25.8. The van der Waals surface area contributed by atoms with Gasteiger partial charge in [0.15, 0.2) is 0 Å². The summed E-state index contributed by atoms with van der Waals surface area (Å²) < 4.78 is 1.64. The number of aryl methyl sites for hydroxylation is 1. The summed E-state index contributed by atoms with van der Waals surface area (Å²) in [5, 5.41) is 2.48. The van der Waals surface area contributed by atoms with Gasteiger partial charge in [0, 0.05) is 42.2 Å². The fourth-order valence-corrected chi connectivity index (χ4v) is 3.21. The van der Waals surface area contributed by atoms with Crippen molar-refractivity contribution in [1.82, 2.24) is 9.47 Å². The van der Waals surface area contributed by atoms with Gasteiger partial charge in [-0.1, -0.05) is 41.1 Å². The number of rotatable bonds is 6. The molecule has 22 heavy (non-hydrogen) atoms. The Bertz CT molecular complexity index is 708. The summed E-state index contributed by atoms with van der Waals surface area (Å²) in [5.41, 5.74) is 1.83. The Kier molecular flexibility index (Phi) is 5.80. The van der Waals surface area contributed by atoms with Crippen molar-refractivity contribution in [3.63, 3.8) is 0 Å². The lowest BCUT2D eigenvalue weighted by Gasteiger charge is -2.21. The second-order valence-electron chi connectivity index (χ2n) is 5.04. The molecule has 0 saturated carbocycles. The van der Waals surface area contributed by atoms with Crippen molar-refractivity contribution in [2.75, 3.05) is 6.54 Å². The average molecular weight is 339 g/mol. The highest BCUT2D eigenvalue weighted by atomic mass is 35.5. The van der Waals surface area contributed by atoms with Crippen LogP contribution in [0.4, 0.5) is 0 Å². The first-order chi connectivity index (χ1) is 10.5. The molecule has 0 bridgehead atoms. The van der Waals surface area contributed by atoms with Crippen LogP contribution < -0.4 is 4.87 Å². The van der Waals surface area contributed by atoms with Crippen molar-refractivity contribution < 1.29 is 4.79 Å². The first-order valence-electron chi connectivity index (χ1n) is 7.19. The number of thiazole rings is 1. The molecule has 0 spiro atoms. The van der Waals surface area contributed by atoms with Gasteiger partial charge < -0.3 is 9.47 Å². The molecule has 2 rings (SSSR count). The van der Waals surface area contributed by atoms with E-state index in [4.69, 9.17) is 11.6 Å². The van der Waals surface area contributed by atoms with E-state index in [2.05, 4.69) is 0 Å². The lowest BCUT2D eigenvalue weighted by Crippen LogP contribution is -2.31. The van der Waals surface area contributed by atoms with E-state index in [1.54, 1.807) is 9.47 Å². The number of halogens is 1. The summed E-state index contributed by atoms with van der Waals surface area (Å²) in [7, 11) is 0. The summed E-state index contributed by atoms with van der Waals surface area (Å²) in [6.07, 6.45) is 0.315. The number of nitrogens with zero attached hydrogens (tertiary/aromatic N) is 2. The first-order valence-corrected chi connectivity index (χ1v) is 8.44. The van der Waals surface area contributed by atoms with Crippen LogP contribution in [0.3, 0.4) is 0 Å². The smallest absolute Gasteiger partial charge is 0.307 e. The second-order valence-corrected chi connectivity index (χ2v) is 6.27. The minimum atomic E-state index is -0.0144. The van der Waals surface area contributed by atoms with Gasteiger partial charge in [-0.3, -0.25) is 9.59 Å². The monoisotopic (exact) mass is 338 g/mol. The maximum Gasteiger partial charge on any atom is 0.307 e. The van der Waals surface area contributed by atoms with Gasteiger partial charge in [-0.25, -0.2) is 0 Å². The van der Waals surface area contributed by atoms with Gasteiger partial charge in [0.25, 0.3) is 0 Å². The van der Waals surface area contributed by atoms with Gasteiger partial charge in [0.1, 0.15) is 0 Å². The third-order valence-corrected chi connectivity index (χ3v) is 4.83. The van der Waals surface area contributed by atoms with Gasteiger partial charge in [0.2, 0.25) is 5.91 Å². The minimum absolute atomic E-state index is 0.0144. The van der Waals surface area contributed by atoms with Crippen LogP contribution >= 0.6 is 22.9 Å². The fourth-order valence-electron chi connectivity index (χ4n) is 2.25. The zero-order valence-corrected chi connectivity index (χ0v) is 14.3. The van der Waals surface area contributed by atoms with E-state index < -0.39 is 0 Å². The van der Waals surface area contributed by atoms with Gasteiger partial charge >= 0.3 is 4.87 Å². The van der Waals surface area contributed by atoms with Crippen molar-refractivity contribution in [2.45, 2.75) is 33.4 Å². The van der Waals surface area contributed by atoms with Gasteiger partial charge in [-0.05, 0) is 25.5 Å². The van der Waals surface area contributed by atoms with Crippen LogP contribution in [-0.2, 0) is 17.9 Å². The van der Waals surface area contributed by atoms with E-state index in [0.29, 0.717) is 31.1 Å². The van der Waals surface area contributed by atoms with Gasteiger partial charge in [-0.15, -0.1) is 0 Å². The topological polar surface area (TPSA) is 42.3 Å². The first kappa shape index (κ1) is 16.8. The molecule has 118 valence electrons. The number of hydrogen-bond acceptors (Lipinski definition) is 3. The zero-order chi connectivity index (χ0) is 16.1. The molecule has 0 aliphatic heterocycles. The molecule has 0 aliphatic rings. The van der Waals surface area contributed by atoms with Crippen molar-refractivity contribution >= 4 is 28.8 Å². The van der Waals surface area contributed by atoms with E-state index >= 15 is 0 Å². The van der Waals surface area contributed by atoms with Crippen molar-refractivity contribution in [1.29, 1.82) is 0 Å². The number of carbonyl (C=O) groups is 1. The number of hydrogen-bond donors (Lipinski definition) is 0. The molecule has 1 aromatic heterocycles. The lowest BCUT2D eigenvalue weighted by atomic mass is 10.2. The minimum Gasteiger partial charge on any atom is -0.339 e. The highest BCUT2D eigenvalue weighted by Crippen LogP contribution is 2.17. The van der Waals surface area contributed by atoms with Crippen molar-refractivity contribution in [2.24, 2.45) is 0 Å². The molecular formula is C16H19ClN2O2S. The third-order valence-electron chi connectivity index (χ3n) is 3.58. The van der Waals surface area contributed by atoms with Crippen LogP contribution in [0.2, 0.25) is 5.02 Å². The van der Waals surface area contributed by atoms with E-state index in [9.17, 15) is 9.59 Å². The fraction of sp³-hybridized carbons (Fsp3) is 0.375. The van der Waals surface area contributed by atoms with Crippen LogP contribution in [-0.4, -0.2) is 21.9 Å². The van der Waals surface area contributed by atoms with Crippen LogP contribution in [0.25, 0.3) is 0 Å². The maximum absolute atomic E-state index is 12.4. The van der Waals surface area contributed by atoms with Crippen LogP contribution in [0.15, 0.2) is 34.4 Å². The van der Waals surface area contributed by atoms with E-state index in [0.717, 1.165) is 11.3 Å². The summed E-state index contributed by atoms with van der Waals surface area (Å²) in [5.74, 6) is 0.0277. The van der Waals surface area contributed by atoms with E-state index in [1.807, 2.05) is 43.5 Å². The Morgan fingerprint density at radius 1 is 1.36 bits per heavy atom. The molecular weight excluding hydrogens is 320 g/mol. The van der Waals surface area contributed by atoms with Crippen molar-refractivity contribution in [3.05, 3.63) is 55.6 Å². The Balaban J connectivity index is 2.00. The molecule has 0 saturated heterocycles. The number of benzene rings is 1. The van der Waals surface area contributed by atoms with Gasteiger partial charge in [-0.2, -0.15) is 0 Å². The predicted molar refractivity (Wildman–Crippen MR) is 90.5 cm³/mol. The molecule has 2 aromatic rings. The summed E-state index contributed by atoms with van der Waals surface area (Å²) >= 11 is 7.31. The molecule has 0 fully saturated rings. The van der Waals surface area contributed by atoms with Crippen LogP contribution in [0, 0.1) is 6.92 Å². The van der Waals surface area contributed by atoms with Crippen molar-refractivity contribution in [3.8, 4) is 0 Å². The van der Waals surface area contributed by atoms with Crippen LogP contribution in [0.5, 0.6) is 0 Å². The second kappa shape index (κ2) is 7.61. The Hall–Kier alpha value is -1.59. The molecule has 1 aromatic carbocycles. The average Bonchev–Trinajstić information content (AvgIpc) is 2.83. The standard InChI is InChI=1S/C16H19ClN2O2S/c1-3-18(10-13-6-4-5-7-14(13)17)15(20)8-9-19-12(2)11-22-16(19)21/h4-7,11H,3,8-10H2,1-2H3. The summed E-state index contributed by atoms with van der Waals surface area (Å²) in [6, 6.07) is 7.53. The molecule has 0 radical (unpaired) electrons. The molecule has 6 heteroatoms. The third kappa shape index (κ3) is 3.99. The highest BCUT2D eigenvalue weighted by molar-refractivity contribution is 7.07. The number of aromatic nitrogens is 1. The van der Waals surface area contributed by atoms with Crippen LogP contribution in [0.1, 0.15) is 24.6 Å². The van der Waals surface area contributed by atoms with E-state index in [1.165, 1.54) is 11.3 Å². The predicted octanol–water partition coefficient (Wildman–Crippen LogP) is 3.31. The molecule has 0 atom stereocenters. The molecule has 0 aliphatic carbocycles.